The summed E-state index contributed by atoms with van der Waals surface area (Å²) in [5.41, 5.74) is 0. The highest BCUT2D eigenvalue weighted by molar-refractivity contribution is 7.40. The Bertz CT molecular complexity index is 53.2. The van der Waals surface area contributed by atoms with Crippen LogP contribution < -0.4 is 0 Å². The molecule has 1 N–H and O–H groups in total. The Hall–Kier alpha value is 0.310. The van der Waals surface area contributed by atoms with Crippen LogP contribution in [-0.2, 0) is 9.05 Å². The molecule has 0 aromatic rings. The topological polar surface area (TPSA) is 38.7 Å². The number of rotatable bonds is 0. The first kappa shape index (κ1) is 8.31. The molecule has 4 heteroatoms. The molecule has 0 atom stereocenters. The normalized spacial score (nSPS) is 22.1. The van der Waals surface area contributed by atoms with Gasteiger partial charge in [0.05, 0.1) is 13.2 Å². The Morgan fingerprint density at radius 3 is 2.00 bits per heavy atom. The van der Waals surface area contributed by atoms with E-state index in [1.165, 1.54) is 0 Å². The van der Waals surface area contributed by atoms with Crippen molar-refractivity contribution in [1.82, 2.24) is 0 Å². The highest BCUT2D eigenvalue weighted by Crippen LogP contribution is 2.35. The second-order valence-electron chi connectivity index (χ2n) is 1.26. The van der Waals surface area contributed by atoms with Crippen molar-refractivity contribution in [3.63, 3.8) is 0 Å². The molecule has 1 rings (SSSR count). The number of hydrogen-bond acceptors (Lipinski definition) is 3. The van der Waals surface area contributed by atoms with Crippen molar-refractivity contribution in [2.45, 2.75) is 13.8 Å². The van der Waals surface area contributed by atoms with Crippen LogP contribution in [0.1, 0.15) is 13.8 Å². The molecule has 0 bridgehead atoms. The summed E-state index contributed by atoms with van der Waals surface area (Å²) in [4.78, 5) is 8.53. The third-order valence-electron chi connectivity index (χ3n) is 0.692. The molecule has 0 unspecified atom stereocenters. The molecule has 1 aliphatic rings. The van der Waals surface area contributed by atoms with Crippen molar-refractivity contribution in [3.05, 3.63) is 0 Å². The average Bonchev–Trinajstić information content (AvgIpc) is 1.69. The Balaban J connectivity index is 0.000000490. The van der Waals surface area contributed by atoms with Crippen molar-refractivity contribution < 1.29 is 13.9 Å². The van der Waals surface area contributed by atoms with Crippen LogP contribution in [0, 0.1) is 0 Å². The summed E-state index contributed by atoms with van der Waals surface area (Å²) in [6, 6.07) is 0. The van der Waals surface area contributed by atoms with E-state index in [-0.39, 0.29) is 7.43 Å². The van der Waals surface area contributed by atoms with E-state index in [9.17, 15) is 0 Å². The Morgan fingerprint density at radius 1 is 1.25 bits per heavy atom. The molecular weight excluding hydrogens is 127 g/mol. The quantitative estimate of drug-likeness (QED) is 0.512. The monoisotopic (exact) mass is 138 g/mol. The molecule has 1 aliphatic heterocycles. The molecule has 1 saturated heterocycles. The zero-order valence-electron chi connectivity index (χ0n) is 3.83. The maximum atomic E-state index is 8.53. The minimum Gasteiger partial charge on any atom is -0.328 e. The van der Waals surface area contributed by atoms with Crippen LogP contribution in [0.25, 0.3) is 0 Å². The van der Waals surface area contributed by atoms with Gasteiger partial charge in [-0.15, -0.1) is 0 Å². The number of hydrogen-bond donors (Lipinski definition) is 1. The van der Waals surface area contributed by atoms with Gasteiger partial charge in [-0.3, -0.25) is 0 Å². The largest absolute Gasteiger partial charge is 0.329 e. The van der Waals surface area contributed by atoms with Crippen LogP contribution >= 0.6 is 8.60 Å². The lowest BCUT2D eigenvalue weighted by Gasteiger charge is -2.14. The lowest BCUT2D eigenvalue weighted by Crippen LogP contribution is -2.03. The van der Waals surface area contributed by atoms with E-state index in [1.54, 1.807) is 0 Å². The molecule has 0 amide bonds. The molecule has 50 valence electrons. The predicted octanol–water partition coefficient (Wildman–Crippen LogP) is 1.28. The van der Waals surface area contributed by atoms with Crippen molar-refractivity contribution in [2.24, 2.45) is 0 Å². The highest BCUT2D eigenvalue weighted by Gasteiger charge is 2.10. The van der Waals surface area contributed by atoms with E-state index in [4.69, 9.17) is 4.89 Å². The molecular formula is C4H11O3P. The highest BCUT2D eigenvalue weighted by atomic mass is 31.2. The second-order valence-corrected chi connectivity index (χ2v) is 2.25. The van der Waals surface area contributed by atoms with Crippen molar-refractivity contribution in [1.29, 1.82) is 0 Å². The molecule has 1 heterocycles. The molecule has 1 fully saturated rings. The van der Waals surface area contributed by atoms with Gasteiger partial charge < -0.3 is 13.9 Å². The van der Waals surface area contributed by atoms with Crippen LogP contribution in [0.15, 0.2) is 0 Å². The van der Waals surface area contributed by atoms with Gasteiger partial charge in [-0.25, -0.2) is 0 Å². The summed E-state index contributed by atoms with van der Waals surface area (Å²) in [5.74, 6) is 0. The van der Waals surface area contributed by atoms with E-state index in [1.807, 2.05) is 0 Å². The molecule has 3 nitrogen and oxygen atoms in total. The van der Waals surface area contributed by atoms with Crippen LogP contribution in [0.2, 0.25) is 0 Å². The first-order chi connectivity index (χ1) is 3.39. The lowest BCUT2D eigenvalue weighted by molar-refractivity contribution is 0.143. The Morgan fingerprint density at radius 2 is 1.75 bits per heavy atom. The van der Waals surface area contributed by atoms with Crippen molar-refractivity contribution >= 4 is 8.60 Å². The fourth-order valence-electron chi connectivity index (χ4n) is 0.381. The third-order valence-corrected chi connectivity index (χ3v) is 1.50. The summed E-state index contributed by atoms with van der Waals surface area (Å²) in [6.45, 7) is 1.28. The Kier molecular flexibility index (Phi) is 4.38. The minimum atomic E-state index is -1.49. The average molecular weight is 138 g/mol. The summed E-state index contributed by atoms with van der Waals surface area (Å²) in [5, 5.41) is 0. The zero-order valence-corrected chi connectivity index (χ0v) is 4.73. The van der Waals surface area contributed by atoms with E-state index < -0.39 is 8.60 Å². The molecule has 0 aromatic carbocycles. The van der Waals surface area contributed by atoms with Crippen molar-refractivity contribution in [2.75, 3.05) is 13.2 Å². The van der Waals surface area contributed by atoms with E-state index in [0.29, 0.717) is 13.2 Å². The van der Waals surface area contributed by atoms with Gasteiger partial charge in [-0.1, -0.05) is 7.43 Å². The first-order valence-electron chi connectivity index (χ1n) is 2.14. The van der Waals surface area contributed by atoms with Gasteiger partial charge in [0.2, 0.25) is 0 Å². The molecule has 0 aromatic heterocycles. The summed E-state index contributed by atoms with van der Waals surface area (Å²) in [6.07, 6.45) is 0.902. The van der Waals surface area contributed by atoms with E-state index in [2.05, 4.69) is 9.05 Å². The maximum Gasteiger partial charge on any atom is 0.329 e. The summed E-state index contributed by atoms with van der Waals surface area (Å²) in [7, 11) is -1.49. The first-order valence-corrected chi connectivity index (χ1v) is 3.27. The van der Waals surface area contributed by atoms with Gasteiger partial charge in [0, 0.05) is 0 Å². The van der Waals surface area contributed by atoms with Gasteiger partial charge in [-0.2, -0.15) is 0 Å². The van der Waals surface area contributed by atoms with E-state index >= 15 is 0 Å². The van der Waals surface area contributed by atoms with Crippen LogP contribution in [-0.4, -0.2) is 18.1 Å². The van der Waals surface area contributed by atoms with Gasteiger partial charge in [0.25, 0.3) is 0 Å². The Labute approximate surface area is 50.6 Å². The fraction of sp³-hybridized carbons (Fsp3) is 1.00. The van der Waals surface area contributed by atoms with Gasteiger partial charge in [0.1, 0.15) is 0 Å². The smallest absolute Gasteiger partial charge is 0.328 e. The molecule has 0 radical (unpaired) electrons. The van der Waals surface area contributed by atoms with Gasteiger partial charge in [-0.05, 0) is 6.42 Å². The minimum absolute atomic E-state index is 0. The SMILES string of the molecule is C.OP1OCCCO1. The van der Waals surface area contributed by atoms with E-state index in [0.717, 1.165) is 6.42 Å². The van der Waals surface area contributed by atoms with Crippen LogP contribution in [0.4, 0.5) is 0 Å². The zero-order chi connectivity index (χ0) is 5.11. The van der Waals surface area contributed by atoms with Crippen LogP contribution in [0.5, 0.6) is 0 Å². The molecule has 0 saturated carbocycles. The summed E-state index contributed by atoms with van der Waals surface area (Å²) < 4.78 is 9.35. The molecule has 0 aliphatic carbocycles. The fourth-order valence-corrected chi connectivity index (χ4v) is 1.03. The second kappa shape index (κ2) is 4.21. The summed E-state index contributed by atoms with van der Waals surface area (Å²) >= 11 is 0. The molecule has 0 spiro atoms. The van der Waals surface area contributed by atoms with Crippen LogP contribution in [0.3, 0.4) is 0 Å². The lowest BCUT2D eigenvalue weighted by atomic mass is 10.5. The van der Waals surface area contributed by atoms with Gasteiger partial charge in [0.15, 0.2) is 0 Å². The predicted molar refractivity (Wildman–Crippen MR) is 32.4 cm³/mol. The maximum absolute atomic E-state index is 8.53. The molecule has 8 heavy (non-hydrogen) atoms. The third kappa shape index (κ3) is 2.58. The standard InChI is InChI=1S/C3H7O3P.CH4/c4-7-5-2-1-3-6-7;/h4H,1-3H2;1H4. The van der Waals surface area contributed by atoms with Crippen molar-refractivity contribution in [3.8, 4) is 0 Å². The van der Waals surface area contributed by atoms with Gasteiger partial charge >= 0.3 is 8.60 Å².